The normalized spacial score (nSPS) is 18.8. The Bertz CT molecular complexity index is 1960. The molecule has 1 aromatic heterocycles. The van der Waals surface area contributed by atoms with Crippen LogP contribution in [0.4, 0.5) is 8.78 Å². The van der Waals surface area contributed by atoms with Gasteiger partial charge in [-0.05, 0) is 61.7 Å². The second kappa shape index (κ2) is 17.0. The predicted molar refractivity (Wildman–Crippen MR) is 196 cm³/mol. The lowest BCUT2D eigenvalue weighted by molar-refractivity contribution is -0.605. The number of sulfonamides is 1. The van der Waals surface area contributed by atoms with Crippen LogP contribution < -0.4 is 18.9 Å². The Balaban J connectivity index is 1.29. The highest BCUT2D eigenvalue weighted by Crippen LogP contribution is 2.39. The Morgan fingerprint density at radius 1 is 1.00 bits per heavy atom. The van der Waals surface area contributed by atoms with E-state index in [2.05, 4.69) is 9.64 Å². The number of ether oxygens (including phenoxy) is 4. The summed E-state index contributed by atoms with van der Waals surface area (Å²) >= 11 is 13.8. The topological polar surface area (TPSA) is 142 Å². The maximum atomic E-state index is 14.2. The molecule has 2 aromatic carbocycles. The van der Waals surface area contributed by atoms with E-state index in [0.29, 0.717) is 30.9 Å². The summed E-state index contributed by atoms with van der Waals surface area (Å²) in [6.45, 7) is -0.680. The van der Waals surface area contributed by atoms with Crippen LogP contribution in [0.3, 0.4) is 0 Å². The fraction of sp³-hybridized carbons (Fsp3) is 0.457. The summed E-state index contributed by atoms with van der Waals surface area (Å²) in [6, 6.07) is 8.06. The first-order chi connectivity index (χ1) is 25.7. The number of carbonyl (C=O) groups is 2. The zero-order valence-electron chi connectivity index (χ0n) is 29.3. The van der Waals surface area contributed by atoms with Crippen molar-refractivity contribution in [2.75, 3.05) is 59.2 Å². The molecule has 1 aliphatic carbocycles. The maximum absolute atomic E-state index is 14.2. The number of aromatic nitrogens is 1. The Morgan fingerprint density at radius 3 is 2.33 bits per heavy atom. The van der Waals surface area contributed by atoms with Crippen molar-refractivity contribution in [3.05, 3.63) is 80.7 Å². The van der Waals surface area contributed by atoms with Gasteiger partial charge in [-0.2, -0.15) is 17.8 Å². The molecule has 3 heterocycles. The molecule has 19 heteroatoms. The van der Waals surface area contributed by atoms with Gasteiger partial charge < -0.3 is 34.0 Å². The third kappa shape index (κ3) is 9.25. The smallest absolute Gasteiger partial charge is 0.387 e. The van der Waals surface area contributed by atoms with E-state index >= 15 is 0 Å². The fourth-order valence-electron chi connectivity index (χ4n) is 6.08. The van der Waals surface area contributed by atoms with Crippen LogP contribution in [0.1, 0.15) is 40.4 Å². The molecule has 6 rings (SSSR count). The van der Waals surface area contributed by atoms with Crippen LogP contribution in [-0.4, -0.2) is 106 Å². The average molecular weight is 832 g/mol. The Morgan fingerprint density at radius 2 is 1.69 bits per heavy atom. The lowest BCUT2D eigenvalue weighted by atomic mass is 10.0. The molecular formula is C35H38Cl2F2N4O9S2. The highest BCUT2D eigenvalue weighted by molar-refractivity contribution is 8.02. The molecule has 3 aromatic rings. The number of rotatable bonds is 14. The predicted octanol–water partition coefficient (Wildman–Crippen LogP) is 5.00. The number of nitrogens with zero attached hydrogens (tertiary/aromatic N) is 4. The number of hydrogen-bond acceptors (Lipinski definition) is 11. The van der Waals surface area contributed by atoms with Crippen molar-refractivity contribution in [2.24, 2.45) is 5.92 Å². The van der Waals surface area contributed by atoms with E-state index in [4.69, 9.17) is 37.4 Å². The van der Waals surface area contributed by atoms with Crippen molar-refractivity contribution in [1.82, 2.24) is 14.1 Å². The molecule has 54 heavy (non-hydrogen) atoms. The minimum Gasteiger partial charge on any atom is -0.619 e. The van der Waals surface area contributed by atoms with Gasteiger partial charge in [-0.25, -0.2) is 13.2 Å². The molecule has 0 unspecified atom stereocenters. The number of alkyl halides is 2. The number of pyridine rings is 1. The standard InChI is InChI=1S/C35H38Cl2F2N4O9S2/c1-40-9-11-41(12-10-40)32(44)25-16-23(6-8-28(25)49-2)54(47,48)43-13-14-53-33(43)34(45)51-30(17-24-26(36)18-42(46)19-27(24)37)22-5-7-29(52-35(38)39)31(15-22)50-20-21-3-4-21/h5-8,15-16,18-19,21,30,33,35H,3-4,9-14,17,20H2,1-2H3/t30-,33-/m0/s1. The molecule has 2 aliphatic heterocycles. The molecule has 2 atom stereocenters. The van der Waals surface area contributed by atoms with E-state index in [9.17, 15) is 32.0 Å². The van der Waals surface area contributed by atoms with Gasteiger partial charge in [0.2, 0.25) is 10.0 Å². The first-order valence-corrected chi connectivity index (χ1v) is 20.3. The van der Waals surface area contributed by atoms with E-state index in [1.54, 1.807) is 4.90 Å². The van der Waals surface area contributed by atoms with E-state index < -0.39 is 34.1 Å². The molecule has 1 amide bonds. The molecule has 2 saturated heterocycles. The van der Waals surface area contributed by atoms with Crippen molar-refractivity contribution in [3.63, 3.8) is 0 Å². The number of hydrogen-bond donors (Lipinski definition) is 0. The SMILES string of the molecule is COc1ccc(S(=O)(=O)N2CCS[C@H]2C(=O)O[C@@H](Cc2c(Cl)c[n+]([O-])cc2Cl)c2ccc(OC(F)F)c(OCC3CC3)c2)cc1C(=O)N1CCN(C)CC1. The first-order valence-electron chi connectivity index (χ1n) is 17.0. The van der Waals surface area contributed by atoms with Crippen molar-refractivity contribution in [1.29, 1.82) is 0 Å². The zero-order chi connectivity index (χ0) is 38.7. The van der Waals surface area contributed by atoms with Crippen LogP contribution in [0.5, 0.6) is 17.2 Å². The summed E-state index contributed by atoms with van der Waals surface area (Å²) in [5.41, 5.74) is 0.599. The number of esters is 1. The summed E-state index contributed by atoms with van der Waals surface area (Å²) in [5.74, 6) is -0.812. The lowest BCUT2D eigenvalue weighted by Gasteiger charge is -2.32. The van der Waals surface area contributed by atoms with Gasteiger partial charge in [-0.15, -0.1) is 11.8 Å². The summed E-state index contributed by atoms with van der Waals surface area (Å²) in [5, 5.41) is 10.6. The van der Waals surface area contributed by atoms with Crippen LogP contribution in [0.15, 0.2) is 53.7 Å². The third-order valence-electron chi connectivity index (χ3n) is 9.28. The molecule has 13 nitrogen and oxygen atoms in total. The van der Waals surface area contributed by atoms with Crippen LogP contribution >= 0.6 is 35.0 Å². The fourth-order valence-corrected chi connectivity index (χ4v) is 9.75. The summed E-state index contributed by atoms with van der Waals surface area (Å²) in [4.78, 5) is 31.1. The number of thioether (sulfide) groups is 1. The first kappa shape index (κ1) is 40.1. The second-order valence-corrected chi connectivity index (χ2v) is 17.0. The molecule has 3 aliphatic rings. The summed E-state index contributed by atoms with van der Waals surface area (Å²) in [7, 11) is -1.04. The zero-order valence-corrected chi connectivity index (χ0v) is 32.4. The monoisotopic (exact) mass is 830 g/mol. The highest BCUT2D eigenvalue weighted by atomic mass is 35.5. The van der Waals surface area contributed by atoms with Crippen LogP contribution in [0.25, 0.3) is 0 Å². The summed E-state index contributed by atoms with van der Waals surface area (Å²) < 4.78 is 78.3. The maximum Gasteiger partial charge on any atom is 0.387 e. The number of piperazine rings is 1. The quantitative estimate of drug-likeness (QED) is 0.123. The Hall–Kier alpha value is -3.61. The van der Waals surface area contributed by atoms with Gasteiger partial charge in [0.15, 0.2) is 29.3 Å². The van der Waals surface area contributed by atoms with Gasteiger partial charge >= 0.3 is 12.6 Å². The molecule has 0 spiro atoms. The van der Waals surface area contributed by atoms with Crippen molar-refractivity contribution in [2.45, 2.75) is 42.2 Å². The summed E-state index contributed by atoms with van der Waals surface area (Å²) in [6.07, 6.45) is 2.62. The number of likely N-dealkylation sites (N-methyl/N-ethyl adjacent to an activating group) is 1. The largest absolute Gasteiger partial charge is 0.619 e. The van der Waals surface area contributed by atoms with Crippen molar-refractivity contribution < 1.29 is 50.5 Å². The van der Waals surface area contributed by atoms with Gasteiger partial charge in [0.25, 0.3) is 5.91 Å². The van der Waals surface area contributed by atoms with E-state index in [-0.39, 0.29) is 86.0 Å². The average Bonchev–Trinajstić information content (AvgIpc) is 3.83. The molecule has 0 radical (unpaired) electrons. The number of benzene rings is 2. The highest BCUT2D eigenvalue weighted by Gasteiger charge is 2.43. The Labute approximate surface area is 325 Å². The van der Waals surface area contributed by atoms with Gasteiger partial charge in [-0.3, -0.25) is 4.79 Å². The van der Waals surface area contributed by atoms with Crippen LogP contribution in [0, 0.1) is 11.1 Å². The Kier molecular flexibility index (Phi) is 12.6. The minimum atomic E-state index is -4.37. The van der Waals surface area contributed by atoms with Crippen molar-refractivity contribution >= 4 is 56.9 Å². The number of methoxy groups -OCH3 is 1. The lowest BCUT2D eigenvalue weighted by Crippen LogP contribution is -2.47. The van der Waals surface area contributed by atoms with Gasteiger partial charge in [0.05, 0.1) is 24.2 Å². The van der Waals surface area contributed by atoms with Crippen LogP contribution in [-0.2, 0) is 26.0 Å². The number of amides is 1. The van der Waals surface area contributed by atoms with Crippen molar-refractivity contribution in [3.8, 4) is 17.2 Å². The second-order valence-electron chi connectivity index (χ2n) is 13.1. The molecule has 292 valence electrons. The minimum absolute atomic E-state index is 0.00993. The van der Waals surface area contributed by atoms with Gasteiger partial charge in [0, 0.05) is 50.5 Å². The number of halogens is 4. The van der Waals surface area contributed by atoms with Crippen LogP contribution in [0.2, 0.25) is 10.0 Å². The molecular weight excluding hydrogens is 793 g/mol. The van der Waals surface area contributed by atoms with E-state index in [1.165, 1.54) is 43.5 Å². The van der Waals surface area contributed by atoms with E-state index in [1.807, 2.05) is 7.05 Å². The third-order valence-corrected chi connectivity index (χ3v) is 13.1. The van der Waals surface area contributed by atoms with Gasteiger partial charge in [-0.1, -0.05) is 29.3 Å². The number of carbonyl (C=O) groups excluding carboxylic acids is 2. The molecule has 0 N–H and O–H groups in total. The van der Waals surface area contributed by atoms with E-state index in [0.717, 1.165) is 41.3 Å². The van der Waals surface area contributed by atoms with Gasteiger partial charge in [0.1, 0.15) is 21.9 Å². The molecule has 1 saturated carbocycles. The molecule has 3 fully saturated rings. The molecule has 0 bridgehead atoms.